The number of aromatic nitrogens is 4. The predicted octanol–water partition coefficient (Wildman–Crippen LogP) is 0.661. The minimum absolute atomic E-state index is 0.119. The van der Waals surface area contributed by atoms with Crippen molar-refractivity contribution in [3.8, 4) is 10.4 Å². The third-order valence-electron chi connectivity index (χ3n) is 5.70. The van der Waals surface area contributed by atoms with Crippen molar-refractivity contribution in [1.29, 1.82) is 0 Å². The predicted molar refractivity (Wildman–Crippen MR) is 118 cm³/mol. The van der Waals surface area contributed by atoms with Gasteiger partial charge < -0.3 is 24.3 Å². The number of nitrogens with one attached hydrogen (secondary N) is 2. The summed E-state index contributed by atoms with van der Waals surface area (Å²) >= 11 is 1.40. The van der Waals surface area contributed by atoms with E-state index in [1.807, 2.05) is 6.07 Å². The fraction of sp³-hybridized carbons (Fsp3) is 0.500. The fourth-order valence-corrected chi connectivity index (χ4v) is 5.09. The first-order valence-corrected chi connectivity index (χ1v) is 11.1. The van der Waals surface area contributed by atoms with Gasteiger partial charge in [0.25, 0.3) is 5.56 Å². The van der Waals surface area contributed by atoms with Gasteiger partial charge in [0.1, 0.15) is 17.0 Å². The molecule has 5 rings (SSSR count). The van der Waals surface area contributed by atoms with Gasteiger partial charge in [-0.15, -0.1) is 11.3 Å². The van der Waals surface area contributed by atoms with E-state index in [0.717, 1.165) is 60.1 Å². The molecule has 5 heterocycles. The first-order chi connectivity index (χ1) is 15.1. The lowest BCUT2D eigenvalue weighted by atomic mass is 10.2. The molecule has 3 aromatic heterocycles. The van der Waals surface area contributed by atoms with Crippen molar-refractivity contribution >= 4 is 27.4 Å². The molecule has 2 fully saturated rings. The van der Waals surface area contributed by atoms with Gasteiger partial charge in [-0.25, -0.2) is 14.8 Å². The molecule has 0 saturated carbocycles. The molecule has 2 atom stereocenters. The molecular formula is C20H24N6O4S. The number of thiophene rings is 1. The van der Waals surface area contributed by atoms with E-state index in [2.05, 4.69) is 36.8 Å². The van der Waals surface area contributed by atoms with Crippen LogP contribution in [0.5, 0.6) is 0 Å². The van der Waals surface area contributed by atoms with Crippen LogP contribution in [0.15, 0.2) is 28.2 Å². The van der Waals surface area contributed by atoms with Gasteiger partial charge in [-0.3, -0.25) is 9.78 Å². The summed E-state index contributed by atoms with van der Waals surface area (Å²) in [5.41, 5.74) is -0.535. The number of hydrogen-bond donors (Lipinski definition) is 2. The summed E-state index contributed by atoms with van der Waals surface area (Å²) in [6.07, 6.45) is 4.15. The molecular weight excluding hydrogens is 420 g/mol. The van der Waals surface area contributed by atoms with E-state index in [1.165, 1.54) is 17.5 Å². The van der Waals surface area contributed by atoms with Crippen LogP contribution in [0, 0.1) is 0 Å². The lowest BCUT2D eigenvalue weighted by molar-refractivity contribution is -0.0766. The Morgan fingerprint density at radius 1 is 1.29 bits per heavy atom. The topological polar surface area (TPSA) is 116 Å². The first-order valence-electron chi connectivity index (χ1n) is 10.3. The molecule has 11 heteroatoms. The van der Waals surface area contributed by atoms with Crippen LogP contribution in [0.3, 0.4) is 0 Å². The zero-order chi connectivity index (χ0) is 21.4. The minimum atomic E-state index is -0.524. The van der Waals surface area contributed by atoms with E-state index >= 15 is 0 Å². The smallest absolute Gasteiger partial charge is 0.325 e. The van der Waals surface area contributed by atoms with Crippen molar-refractivity contribution in [2.45, 2.75) is 18.6 Å². The monoisotopic (exact) mass is 444 g/mol. The Morgan fingerprint density at radius 2 is 2.19 bits per heavy atom. The summed E-state index contributed by atoms with van der Waals surface area (Å²) in [5, 5.41) is 0.894. The maximum absolute atomic E-state index is 12.2. The van der Waals surface area contributed by atoms with Crippen LogP contribution < -0.4 is 16.1 Å². The van der Waals surface area contributed by atoms with Crippen molar-refractivity contribution < 1.29 is 9.47 Å². The number of hydrogen-bond acceptors (Lipinski definition) is 9. The molecule has 3 aromatic rings. The Hall–Kier alpha value is -2.60. The summed E-state index contributed by atoms with van der Waals surface area (Å²) < 4.78 is 11.9. The van der Waals surface area contributed by atoms with Crippen molar-refractivity contribution in [2.75, 3.05) is 51.3 Å². The second kappa shape index (κ2) is 8.50. The Bertz CT molecular complexity index is 1190. The summed E-state index contributed by atoms with van der Waals surface area (Å²) in [6, 6.07) is 1.91. The summed E-state index contributed by atoms with van der Waals surface area (Å²) in [6.45, 7) is 4.79. The Labute approximate surface area is 181 Å². The lowest BCUT2D eigenvalue weighted by Gasteiger charge is -2.30. The Balaban J connectivity index is 1.32. The van der Waals surface area contributed by atoms with Crippen LogP contribution in [0.1, 0.15) is 6.42 Å². The third-order valence-corrected chi connectivity index (χ3v) is 6.77. The van der Waals surface area contributed by atoms with E-state index in [1.54, 1.807) is 6.33 Å². The van der Waals surface area contributed by atoms with Crippen LogP contribution >= 0.6 is 11.3 Å². The van der Waals surface area contributed by atoms with Crippen LogP contribution in [0.2, 0.25) is 0 Å². The zero-order valence-corrected chi connectivity index (χ0v) is 18.0. The molecule has 0 amide bonds. The van der Waals surface area contributed by atoms with Crippen molar-refractivity contribution in [2.24, 2.45) is 0 Å². The van der Waals surface area contributed by atoms with E-state index < -0.39 is 11.2 Å². The highest BCUT2D eigenvalue weighted by Gasteiger charge is 2.28. The van der Waals surface area contributed by atoms with E-state index in [9.17, 15) is 9.59 Å². The van der Waals surface area contributed by atoms with Gasteiger partial charge in [-0.2, -0.15) is 0 Å². The van der Waals surface area contributed by atoms with Crippen LogP contribution in [0.25, 0.3) is 20.7 Å². The molecule has 0 radical (unpaired) electrons. The average Bonchev–Trinajstić information content (AvgIpc) is 3.39. The molecule has 2 saturated heterocycles. The number of aromatic amines is 2. The average molecular weight is 445 g/mol. The highest BCUT2D eigenvalue weighted by atomic mass is 32.1. The summed E-state index contributed by atoms with van der Waals surface area (Å²) in [4.78, 5) is 43.2. The van der Waals surface area contributed by atoms with Crippen LogP contribution in [0.4, 0.5) is 5.82 Å². The molecule has 2 aliphatic rings. The molecule has 31 heavy (non-hydrogen) atoms. The van der Waals surface area contributed by atoms with Gasteiger partial charge in [-0.05, 0) is 19.5 Å². The van der Waals surface area contributed by atoms with E-state index in [4.69, 9.17) is 9.47 Å². The highest BCUT2D eigenvalue weighted by molar-refractivity contribution is 7.21. The second-order valence-electron chi connectivity index (χ2n) is 7.96. The minimum Gasteiger partial charge on any atom is -0.374 e. The quantitative estimate of drug-likeness (QED) is 0.590. The molecule has 2 aliphatic heterocycles. The van der Waals surface area contributed by atoms with Crippen molar-refractivity contribution in [1.82, 2.24) is 24.8 Å². The van der Waals surface area contributed by atoms with Gasteiger partial charge in [0, 0.05) is 37.3 Å². The number of H-pyrrole nitrogens is 2. The third kappa shape index (κ3) is 4.26. The summed E-state index contributed by atoms with van der Waals surface area (Å²) in [7, 11) is 2.10. The zero-order valence-electron chi connectivity index (χ0n) is 17.2. The highest BCUT2D eigenvalue weighted by Crippen LogP contribution is 2.35. The molecule has 10 nitrogen and oxygen atoms in total. The van der Waals surface area contributed by atoms with Gasteiger partial charge in [0.05, 0.1) is 36.4 Å². The molecule has 0 spiro atoms. The number of fused-ring (bicyclic) bond motifs is 1. The number of anilines is 1. The number of ether oxygens (including phenoxy) is 2. The van der Waals surface area contributed by atoms with Crippen molar-refractivity contribution in [3.63, 3.8) is 0 Å². The molecule has 164 valence electrons. The van der Waals surface area contributed by atoms with Gasteiger partial charge in [0.15, 0.2) is 0 Å². The normalized spacial score (nSPS) is 22.4. The van der Waals surface area contributed by atoms with Gasteiger partial charge in [0.2, 0.25) is 0 Å². The lowest BCUT2D eigenvalue weighted by Crippen LogP contribution is -2.43. The van der Waals surface area contributed by atoms with E-state index in [-0.39, 0.29) is 12.2 Å². The van der Waals surface area contributed by atoms with Gasteiger partial charge in [-0.1, -0.05) is 0 Å². The Kier molecular flexibility index (Phi) is 5.57. The Morgan fingerprint density at radius 3 is 3.03 bits per heavy atom. The SMILES string of the molecule is CN1CCOC(COC2CCN(c3ncnc4sc(-c5c[nH]c(=O)[nH]c5=O)cc34)C2)C1. The first kappa shape index (κ1) is 20.3. The number of rotatable bonds is 5. The van der Waals surface area contributed by atoms with Crippen molar-refractivity contribution in [3.05, 3.63) is 39.4 Å². The summed E-state index contributed by atoms with van der Waals surface area (Å²) in [5.74, 6) is 0.841. The molecule has 2 unspecified atom stereocenters. The number of morpholine rings is 1. The van der Waals surface area contributed by atoms with E-state index in [0.29, 0.717) is 12.2 Å². The maximum Gasteiger partial charge on any atom is 0.325 e. The number of nitrogens with zero attached hydrogens (tertiary/aromatic N) is 4. The molecule has 0 aliphatic carbocycles. The fourth-order valence-electron chi connectivity index (χ4n) is 4.09. The molecule has 0 bridgehead atoms. The van der Waals surface area contributed by atoms with Crippen LogP contribution in [-0.4, -0.2) is 83.5 Å². The second-order valence-corrected chi connectivity index (χ2v) is 8.99. The van der Waals surface area contributed by atoms with Crippen LogP contribution in [-0.2, 0) is 9.47 Å². The van der Waals surface area contributed by atoms with Gasteiger partial charge >= 0.3 is 5.69 Å². The number of likely N-dealkylation sites (N-methyl/N-ethyl adjacent to an activating group) is 1. The molecule has 0 aromatic carbocycles. The largest absolute Gasteiger partial charge is 0.374 e. The molecule has 2 N–H and O–H groups in total. The maximum atomic E-state index is 12.2. The standard InChI is InChI=1S/C20H24N6O4S/c1-25-4-5-29-13(8-25)10-30-12-2-3-26(9-12)17-14-6-16(31-19(14)23-11-22-17)15-7-21-20(28)24-18(15)27/h6-7,11-13H,2-5,8-10H2,1H3,(H2,21,24,27,28).